The fourth-order valence-corrected chi connectivity index (χ4v) is 3.38. The number of ether oxygens (including phenoxy) is 2. The number of nitrogens with one attached hydrogen (secondary N) is 1. The molecule has 1 fully saturated rings. The van der Waals surface area contributed by atoms with Crippen molar-refractivity contribution >= 4 is 11.7 Å². The van der Waals surface area contributed by atoms with E-state index in [1.165, 1.54) is 4.90 Å². The van der Waals surface area contributed by atoms with E-state index in [1.54, 1.807) is 18.2 Å². The second kappa shape index (κ2) is 7.04. The number of fused-ring (bicyclic) bond motifs is 1. The van der Waals surface area contributed by atoms with Gasteiger partial charge in [-0.2, -0.15) is 0 Å². The molecule has 0 saturated carbocycles. The van der Waals surface area contributed by atoms with Crippen LogP contribution in [0.15, 0.2) is 18.2 Å². The molecule has 0 unspecified atom stereocenters. The Hall–Kier alpha value is -2.08. The maximum absolute atomic E-state index is 12.3. The zero-order valence-electron chi connectivity index (χ0n) is 15.3. The average molecular weight is 347 g/mol. The van der Waals surface area contributed by atoms with Crippen LogP contribution in [0.25, 0.3) is 0 Å². The minimum atomic E-state index is -0.481. The number of carbonyl (C=O) groups excluding carboxylic acids is 2. The second-order valence-corrected chi connectivity index (χ2v) is 7.39. The van der Waals surface area contributed by atoms with Gasteiger partial charge in [0.2, 0.25) is 0 Å². The van der Waals surface area contributed by atoms with Gasteiger partial charge in [0, 0.05) is 0 Å². The zero-order chi connectivity index (χ0) is 18.0. The van der Waals surface area contributed by atoms with E-state index in [4.69, 9.17) is 9.47 Å². The van der Waals surface area contributed by atoms with Gasteiger partial charge in [0.25, 0.3) is 5.91 Å². The Bertz CT molecular complexity index is 663. The normalized spacial score (nSPS) is 20.0. The molecule has 6 heteroatoms. The lowest BCUT2D eigenvalue weighted by Gasteiger charge is -2.32. The Balaban J connectivity index is 1.58. The Morgan fingerprint density at radius 1 is 1.32 bits per heavy atom. The first kappa shape index (κ1) is 17.7. The van der Waals surface area contributed by atoms with E-state index in [9.17, 15) is 9.59 Å². The summed E-state index contributed by atoms with van der Waals surface area (Å²) in [7, 11) is 0. The molecule has 3 rings (SSSR count). The molecule has 2 aliphatic rings. The molecule has 1 N–H and O–H groups in total. The van der Waals surface area contributed by atoms with Crippen molar-refractivity contribution in [2.75, 3.05) is 39.3 Å². The van der Waals surface area contributed by atoms with Crippen molar-refractivity contribution in [2.45, 2.75) is 32.8 Å². The highest BCUT2D eigenvalue weighted by Gasteiger charge is 2.32. The number of ketones is 1. The van der Waals surface area contributed by atoms with Crippen LogP contribution in [0.5, 0.6) is 11.5 Å². The molecule has 1 aromatic carbocycles. The van der Waals surface area contributed by atoms with Crippen LogP contribution >= 0.6 is 0 Å². The zero-order valence-corrected chi connectivity index (χ0v) is 15.3. The summed E-state index contributed by atoms with van der Waals surface area (Å²) in [5.41, 5.74) is 0.0508. The van der Waals surface area contributed by atoms with Gasteiger partial charge in [-0.25, -0.2) is 0 Å². The van der Waals surface area contributed by atoms with Crippen molar-refractivity contribution in [1.82, 2.24) is 4.90 Å². The van der Waals surface area contributed by atoms with E-state index in [0.29, 0.717) is 23.5 Å². The highest BCUT2D eigenvalue weighted by atomic mass is 16.5. The van der Waals surface area contributed by atoms with Gasteiger partial charge >= 0.3 is 0 Å². The molecule has 1 aromatic rings. The number of nitrogens with zero attached hydrogens (tertiary/aromatic N) is 1. The van der Waals surface area contributed by atoms with Crippen LogP contribution in [0.3, 0.4) is 0 Å². The van der Waals surface area contributed by atoms with Crippen LogP contribution in [0.1, 0.15) is 37.6 Å². The van der Waals surface area contributed by atoms with Crippen molar-refractivity contribution in [3.05, 3.63) is 23.8 Å². The highest BCUT2D eigenvalue weighted by molar-refractivity contribution is 6.00. The number of likely N-dealkylation sites (N-methyl/N-ethyl adjacent to an activating group) is 1. The van der Waals surface area contributed by atoms with E-state index in [0.717, 1.165) is 32.7 Å². The van der Waals surface area contributed by atoms with Gasteiger partial charge in [-0.1, -0.05) is 0 Å². The lowest BCUT2D eigenvalue weighted by molar-refractivity contribution is -0.902. The Morgan fingerprint density at radius 3 is 2.72 bits per heavy atom. The molecule has 25 heavy (non-hydrogen) atoms. The van der Waals surface area contributed by atoms with Gasteiger partial charge in [0.15, 0.2) is 12.4 Å². The summed E-state index contributed by atoms with van der Waals surface area (Å²) >= 11 is 0. The lowest BCUT2D eigenvalue weighted by Crippen LogP contribution is -3.14. The third kappa shape index (κ3) is 4.12. The van der Waals surface area contributed by atoms with E-state index >= 15 is 0 Å². The molecule has 6 nitrogen and oxygen atoms in total. The summed E-state index contributed by atoms with van der Waals surface area (Å²) in [5.74, 6) is 1.15. The van der Waals surface area contributed by atoms with Crippen LogP contribution in [0.4, 0.5) is 0 Å². The van der Waals surface area contributed by atoms with Crippen molar-refractivity contribution in [1.29, 1.82) is 0 Å². The van der Waals surface area contributed by atoms with E-state index < -0.39 is 5.60 Å². The van der Waals surface area contributed by atoms with E-state index in [2.05, 4.69) is 6.92 Å². The maximum Gasteiger partial charge on any atom is 0.260 e. The predicted octanol–water partition coefficient (Wildman–Crippen LogP) is 0.556. The molecule has 0 radical (unpaired) electrons. The lowest BCUT2D eigenvalue weighted by atomic mass is 9.93. The average Bonchev–Trinajstić information content (AvgIpc) is 2.59. The minimum Gasteiger partial charge on any atom is -0.487 e. The Kier molecular flexibility index (Phi) is 4.99. The molecule has 0 aromatic heterocycles. The highest BCUT2D eigenvalue weighted by Crippen LogP contribution is 2.35. The van der Waals surface area contributed by atoms with Crippen LogP contribution in [-0.2, 0) is 4.79 Å². The molecule has 2 aliphatic heterocycles. The van der Waals surface area contributed by atoms with Crippen LogP contribution in [0, 0.1) is 0 Å². The molecule has 1 amide bonds. The first-order valence-corrected chi connectivity index (χ1v) is 8.98. The predicted molar refractivity (Wildman–Crippen MR) is 93.4 cm³/mol. The Labute approximate surface area is 148 Å². The maximum atomic E-state index is 12.3. The standard InChI is InChI=1S/C19H26N2O4/c1-4-20-7-9-21(10-8-20)18(23)13-24-14-5-6-17-15(11-14)16(22)12-19(2,3)25-17/h5-6,11H,4,7-10,12-13H2,1-3H3/p+1. The summed E-state index contributed by atoms with van der Waals surface area (Å²) in [4.78, 5) is 28.0. The van der Waals surface area contributed by atoms with Crippen molar-refractivity contribution < 1.29 is 24.0 Å². The summed E-state index contributed by atoms with van der Waals surface area (Å²) in [6.45, 7) is 10.6. The fraction of sp³-hybridized carbons (Fsp3) is 0.579. The fourth-order valence-electron chi connectivity index (χ4n) is 3.38. The number of hydrogen-bond acceptors (Lipinski definition) is 4. The van der Waals surface area contributed by atoms with Gasteiger partial charge in [-0.3, -0.25) is 9.59 Å². The molecule has 136 valence electrons. The first-order valence-electron chi connectivity index (χ1n) is 8.98. The third-order valence-corrected chi connectivity index (χ3v) is 4.91. The number of Topliss-reactive ketones (excluding diaryl/α,β-unsaturated/α-hetero) is 1. The van der Waals surface area contributed by atoms with Gasteiger partial charge < -0.3 is 19.3 Å². The SMILES string of the molecule is CC[NH+]1CCN(C(=O)COc2ccc3c(c2)C(=O)CC(C)(C)O3)CC1. The minimum absolute atomic E-state index is 0.000779. The molecular formula is C19H27N2O4+. The molecule has 0 atom stereocenters. The smallest absolute Gasteiger partial charge is 0.260 e. The summed E-state index contributed by atoms with van der Waals surface area (Å²) in [6, 6.07) is 5.18. The summed E-state index contributed by atoms with van der Waals surface area (Å²) in [5, 5.41) is 0. The first-order chi connectivity index (χ1) is 11.9. The summed E-state index contributed by atoms with van der Waals surface area (Å²) < 4.78 is 11.5. The van der Waals surface area contributed by atoms with Crippen molar-refractivity contribution in [3.8, 4) is 11.5 Å². The van der Waals surface area contributed by atoms with E-state index in [-0.39, 0.29) is 18.3 Å². The summed E-state index contributed by atoms with van der Waals surface area (Å²) in [6.07, 6.45) is 0.340. The number of hydrogen-bond donors (Lipinski definition) is 1. The molecule has 0 bridgehead atoms. The van der Waals surface area contributed by atoms with E-state index in [1.807, 2.05) is 18.7 Å². The quantitative estimate of drug-likeness (QED) is 0.864. The van der Waals surface area contributed by atoms with Crippen molar-refractivity contribution in [3.63, 3.8) is 0 Å². The van der Waals surface area contributed by atoms with Crippen LogP contribution in [0.2, 0.25) is 0 Å². The molecule has 0 spiro atoms. The number of rotatable bonds is 4. The van der Waals surface area contributed by atoms with Crippen LogP contribution < -0.4 is 14.4 Å². The topological polar surface area (TPSA) is 60.3 Å². The third-order valence-electron chi connectivity index (χ3n) is 4.91. The second-order valence-electron chi connectivity index (χ2n) is 7.39. The number of piperazine rings is 1. The Morgan fingerprint density at radius 2 is 2.04 bits per heavy atom. The number of amides is 1. The van der Waals surface area contributed by atoms with Crippen molar-refractivity contribution in [2.24, 2.45) is 0 Å². The number of carbonyl (C=O) groups is 2. The number of benzene rings is 1. The number of quaternary nitrogens is 1. The van der Waals surface area contributed by atoms with Gasteiger partial charge in [-0.15, -0.1) is 0 Å². The molecular weight excluding hydrogens is 320 g/mol. The molecule has 2 heterocycles. The largest absolute Gasteiger partial charge is 0.487 e. The molecule has 0 aliphatic carbocycles. The monoisotopic (exact) mass is 347 g/mol. The van der Waals surface area contributed by atoms with Gasteiger partial charge in [-0.05, 0) is 39.0 Å². The molecule has 1 saturated heterocycles. The van der Waals surface area contributed by atoms with Crippen LogP contribution in [-0.4, -0.2) is 61.5 Å². The van der Waals surface area contributed by atoms with Gasteiger partial charge in [0.05, 0.1) is 44.7 Å². The van der Waals surface area contributed by atoms with Gasteiger partial charge in [0.1, 0.15) is 17.1 Å².